The minimum Gasteiger partial charge on any atom is -0.391 e. The smallest absolute Gasteiger partial charge is 0.0451 e. The highest BCUT2D eigenvalue weighted by atomic mass is 15.2. The Morgan fingerprint density at radius 3 is 2.70 bits per heavy atom. The van der Waals surface area contributed by atoms with Crippen molar-refractivity contribution >= 4 is 11.3 Å². The van der Waals surface area contributed by atoms with Gasteiger partial charge in [-0.3, -0.25) is 0 Å². The summed E-state index contributed by atoms with van der Waals surface area (Å²) in [5.41, 5.74) is 6.81. The summed E-state index contributed by atoms with van der Waals surface area (Å²) < 4.78 is 0. The third-order valence-corrected chi connectivity index (χ3v) is 5.52. The highest BCUT2D eigenvalue weighted by molar-refractivity contribution is 5.85. The molecule has 0 atom stereocenters. The van der Waals surface area contributed by atoms with Crippen molar-refractivity contribution in [2.24, 2.45) is 0 Å². The maximum absolute atomic E-state index is 4.09. The Morgan fingerprint density at radius 1 is 1.26 bits per heavy atom. The molecule has 1 aromatic carbocycles. The van der Waals surface area contributed by atoms with Gasteiger partial charge in [0.05, 0.1) is 0 Å². The molecule has 1 heterocycles. The molecular weight excluding hydrogens is 280 g/mol. The van der Waals surface area contributed by atoms with Crippen LogP contribution in [0.1, 0.15) is 56.6 Å². The first-order valence-corrected chi connectivity index (χ1v) is 9.21. The van der Waals surface area contributed by atoms with Crippen LogP contribution in [0.5, 0.6) is 0 Å². The highest BCUT2D eigenvalue weighted by Crippen LogP contribution is 2.38. The second-order valence-electron chi connectivity index (χ2n) is 6.79. The van der Waals surface area contributed by atoms with E-state index in [9.17, 15) is 0 Å². The number of hydrogen-bond donors (Lipinski definition) is 1. The molecule has 23 heavy (non-hydrogen) atoms. The molecule has 0 unspecified atom stereocenters. The van der Waals surface area contributed by atoms with Crippen LogP contribution in [-0.4, -0.2) is 19.6 Å². The number of allylic oxidation sites excluding steroid dienone is 2. The molecule has 1 aromatic rings. The molecule has 0 saturated heterocycles. The first-order valence-electron chi connectivity index (χ1n) is 9.21. The Hall–Kier alpha value is -1.70. The second-order valence-corrected chi connectivity index (χ2v) is 6.79. The second kappa shape index (κ2) is 7.25. The zero-order chi connectivity index (χ0) is 16.2. The lowest BCUT2D eigenvalue weighted by molar-refractivity contribution is 0.415. The number of anilines is 1. The fraction of sp³-hybridized carbons (Fsp3) is 0.524. The Labute approximate surface area is 141 Å². The van der Waals surface area contributed by atoms with E-state index in [4.69, 9.17) is 0 Å². The van der Waals surface area contributed by atoms with Crippen LogP contribution in [0.15, 0.2) is 36.6 Å². The summed E-state index contributed by atoms with van der Waals surface area (Å²) in [7, 11) is 2.04. The molecule has 1 aliphatic heterocycles. The van der Waals surface area contributed by atoms with Crippen molar-refractivity contribution < 1.29 is 0 Å². The largest absolute Gasteiger partial charge is 0.391 e. The van der Waals surface area contributed by atoms with Gasteiger partial charge in [-0.15, -0.1) is 0 Å². The van der Waals surface area contributed by atoms with Crippen molar-refractivity contribution in [3.8, 4) is 0 Å². The van der Waals surface area contributed by atoms with Crippen LogP contribution in [0, 0.1) is 0 Å². The first-order chi connectivity index (χ1) is 11.3. The Balaban J connectivity index is 2.07. The number of nitrogens with zero attached hydrogens (tertiary/aromatic N) is 1. The van der Waals surface area contributed by atoms with Gasteiger partial charge in [-0.25, -0.2) is 0 Å². The maximum atomic E-state index is 4.09. The SMILES string of the molecule is C=CC1=C(NC)CCN(C2CCCCC2)c2cc(CC)ccc21. The van der Waals surface area contributed by atoms with Gasteiger partial charge in [-0.1, -0.05) is 51.0 Å². The van der Waals surface area contributed by atoms with Crippen LogP contribution >= 0.6 is 0 Å². The van der Waals surface area contributed by atoms with E-state index in [1.54, 1.807) is 0 Å². The monoisotopic (exact) mass is 310 g/mol. The van der Waals surface area contributed by atoms with Crippen LogP contribution in [-0.2, 0) is 6.42 Å². The number of fused-ring (bicyclic) bond motifs is 1. The van der Waals surface area contributed by atoms with Gasteiger partial charge in [0.1, 0.15) is 0 Å². The van der Waals surface area contributed by atoms with Gasteiger partial charge in [0, 0.05) is 48.6 Å². The van der Waals surface area contributed by atoms with E-state index in [-0.39, 0.29) is 0 Å². The number of nitrogens with one attached hydrogen (secondary N) is 1. The summed E-state index contributed by atoms with van der Waals surface area (Å²) in [6, 6.07) is 7.72. The number of hydrogen-bond acceptors (Lipinski definition) is 2. The Morgan fingerprint density at radius 2 is 2.04 bits per heavy atom. The van der Waals surface area contributed by atoms with E-state index in [1.807, 2.05) is 13.1 Å². The van der Waals surface area contributed by atoms with Crippen LogP contribution in [0.3, 0.4) is 0 Å². The summed E-state index contributed by atoms with van der Waals surface area (Å²) in [6.45, 7) is 7.44. The molecule has 2 heteroatoms. The first kappa shape index (κ1) is 16.2. The number of benzene rings is 1. The van der Waals surface area contributed by atoms with Crippen molar-refractivity contribution in [2.75, 3.05) is 18.5 Å². The molecule has 124 valence electrons. The zero-order valence-corrected chi connectivity index (χ0v) is 14.7. The van der Waals surface area contributed by atoms with Crippen molar-refractivity contribution in [1.29, 1.82) is 0 Å². The average Bonchev–Trinajstić information content (AvgIpc) is 2.77. The Kier molecular flexibility index (Phi) is 5.09. The molecule has 3 rings (SSSR count). The van der Waals surface area contributed by atoms with Crippen molar-refractivity contribution in [3.05, 3.63) is 47.7 Å². The van der Waals surface area contributed by atoms with Gasteiger partial charge in [0.2, 0.25) is 0 Å². The summed E-state index contributed by atoms with van der Waals surface area (Å²) in [4.78, 5) is 2.70. The molecule has 2 aliphatic rings. The van der Waals surface area contributed by atoms with Gasteiger partial charge in [0.25, 0.3) is 0 Å². The van der Waals surface area contributed by atoms with E-state index < -0.39 is 0 Å². The summed E-state index contributed by atoms with van der Waals surface area (Å²) in [6.07, 6.45) is 11.0. The predicted molar refractivity (Wildman–Crippen MR) is 101 cm³/mol. The number of aryl methyl sites for hydroxylation is 1. The minimum atomic E-state index is 0.705. The van der Waals surface area contributed by atoms with E-state index in [1.165, 1.54) is 60.2 Å². The van der Waals surface area contributed by atoms with E-state index >= 15 is 0 Å². The van der Waals surface area contributed by atoms with Crippen molar-refractivity contribution in [3.63, 3.8) is 0 Å². The fourth-order valence-electron chi connectivity index (χ4n) is 4.18. The van der Waals surface area contributed by atoms with Crippen LogP contribution < -0.4 is 10.2 Å². The third-order valence-electron chi connectivity index (χ3n) is 5.52. The molecule has 1 N–H and O–H groups in total. The molecule has 1 saturated carbocycles. The van der Waals surface area contributed by atoms with Crippen LogP contribution in [0.2, 0.25) is 0 Å². The average molecular weight is 310 g/mol. The van der Waals surface area contributed by atoms with Gasteiger partial charge < -0.3 is 10.2 Å². The lowest BCUT2D eigenvalue weighted by atomic mass is 9.92. The van der Waals surface area contributed by atoms with Gasteiger partial charge >= 0.3 is 0 Å². The molecule has 1 fully saturated rings. The van der Waals surface area contributed by atoms with E-state index in [0.717, 1.165) is 19.4 Å². The molecule has 2 nitrogen and oxygen atoms in total. The predicted octanol–water partition coefficient (Wildman–Crippen LogP) is 4.91. The van der Waals surface area contributed by atoms with Gasteiger partial charge in [0.15, 0.2) is 0 Å². The summed E-state index contributed by atoms with van der Waals surface area (Å²) >= 11 is 0. The van der Waals surface area contributed by atoms with E-state index in [0.29, 0.717) is 6.04 Å². The minimum absolute atomic E-state index is 0.705. The third kappa shape index (κ3) is 3.17. The molecule has 0 bridgehead atoms. The number of rotatable bonds is 4. The summed E-state index contributed by atoms with van der Waals surface area (Å²) in [5.74, 6) is 0. The Bertz CT molecular complexity index is 594. The maximum Gasteiger partial charge on any atom is 0.0451 e. The standard InChI is InChI=1S/C21H30N2/c1-4-16-11-12-19-18(5-2)20(22-3)13-14-23(21(19)15-16)17-9-7-6-8-10-17/h5,11-12,15,17,22H,2,4,6-10,13-14H2,1,3H3. The molecule has 0 aromatic heterocycles. The highest BCUT2D eigenvalue weighted by Gasteiger charge is 2.27. The van der Waals surface area contributed by atoms with Crippen LogP contribution in [0.25, 0.3) is 5.57 Å². The molecule has 0 amide bonds. The lowest BCUT2D eigenvalue weighted by Crippen LogP contribution is -2.38. The zero-order valence-electron chi connectivity index (χ0n) is 14.7. The molecule has 0 spiro atoms. The van der Waals surface area contributed by atoms with Crippen molar-refractivity contribution in [2.45, 2.75) is 57.9 Å². The van der Waals surface area contributed by atoms with Gasteiger partial charge in [-0.2, -0.15) is 0 Å². The normalized spacial score (nSPS) is 19.3. The van der Waals surface area contributed by atoms with Gasteiger partial charge in [-0.05, 0) is 30.9 Å². The molecular formula is C21H30N2. The van der Waals surface area contributed by atoms with Crippen LogP contribution in [0.4, 0.5) is 5.69 Å². The lowest BCUT2D eigenvalue weighted by Gasteiger charge is -2.36. The quantitative estimate of drug-likeness (QED) is 0.850. The molecule has 1 aliphatic carbocycles. The van der Waals surface area contributed by atoms with E-state index in [2.05, 4.69) is 41.9 Å². The molecule has 0 radical (unpaired) electrons. The van der Waals surface area contributed by atoms with Crippen molar-refractivity contribution in [1.82, 2.24) is 5.32 Å². The fourth-order valence-corrected chi connectivity index (χ4v) is 4.18. The summed E-state index contributed by atoms with van der Waals surface area (Å²) in [5, 5.41) is 3.42. The topological polar surface area (TPSA) is 15.3 Å².